The normalized spacial score (nSPS) is 15.7. The lowest BCUT2D eigenvalue weighted by atomic mass is 9.97. The van der Waals surface area contributed by atoms with Crippen LogP contribution in [0.1, 0.15) is 16.7 Å². The number of rotatable bonds is 5. The second-order valence-electron chi connectivity index (χ2n) is 7.98. The molecule has 166 valence electrons. The number of benzene rings is 3. The molecule has 0 radical (unpaired) electrons. The molecule has 3 aromatic carbocycles. The fourth-order valence-electron chi connectivity index (χ4n) is 4.63. The van der Waals surface area contributed by atoms with E-state index in [9.17, 15) is 9.59 Å². The van der Waals surface area contributed by atoms with E-state index >= 15 is 0 Å². The summed E-state index contributed by atoms with van der Waals surface area (Å²) in [7, 11) is 3.09. The summed E-state index contributed by atoms with van der Waals surface area (Å²) in [5.74, 6) is 0.266. The van der Waals surface area contributed by atoms with Crippen molar-refractivity contribution in [2.24, 2.45) is 0 Å². The van der Waals surface area contributed by atoms with E-state index in [-0.39, 0.29) is 11.8 Å². The first kappa shape index (κ1) is 20.8. The molecule has 0 N–H and O–H groups in total. The number of carbonyl (C=O) groups is 2. The van der Waals surface area contributed by atoms with Gasteiger partial charge in [-0.2, -0.15) is 0 Å². The van der Waals surface area contributed by atoms with Gasteiger partial charge in [0.05, 0.1) is 25.5 Å². The number of methoxy groups -OCH3 is 2. The maximum atomic E-state index is 13.9. The van der Waals surface area contributed by atoms with Gasteiger partial charge in [0.15, 0.2) is 0 Å². The van der Waals surface area contributed by atoms with Crippen LogP contribution in [0.3, 0.4) is 0 Å². The summed E-state index contributed by atoms with van der Waals surface area (Å²) in [4.78, 5) is 31.0. The number of carbonyl (C=O) groups excluding carboxylic acids is 2. The maximum Gasteiger partial charge on any atom is 0.282 e. The van der Waals surface area contributed by atoms with Crippen LogP contribution in [0.4, 0.5) is 5.69 Å². The minimum absolute atomic E-state index is 0.350. The molecule has 0 saturated carbocycles. The highest BCUT2D eigenvalue weighted by Crippen LogP contribution is 2.41. The van der Waals surface area contributed by atoms with Crippen molar-refractivity contribution in [1.82, 2.24) is 4.90 Å². The van der Waals surface area contributed by atoms with Gasteiger partial charge < -0.3 is 14.4 Å². The van der Waals surface area contributed by atoms with E-state index in [1.165, 1.54) is 17.6 Å². The average molecular weight is 440 g/mol. The SMILES string of the molecule is COc1ccccc1C1=C(N2CCc3ccccc3C2)C(=O)N(c2ccccc2OC)C1=O. The van der Waals surface area contributed by atoms with E-state index < -0.39 is 0 Å². The lowest BCUT2D eigenvalue weighted by Gasteiger charge is -2.31. The van der Waals surface area contributed by atoms with Crippen molar-refractivity contribution in [3.05, 3.63) is 95.2 Å². The molecule has 3 aromatic rings. The molecule has 0 atom stereocenters. The Hall–Kier alpha value is -4.06. The third-order valence-corrected chi connectivity index (χ3v) is 6.21. The van der Waals surface area contributed by atoms with Gasteiger partial charge in [-0.1, -0.05) is 54.6 Å². The van der Waals surface area contributed by atoms with Crippen molar-refractivity contribution in [2.45, 2.75) is 13.0 Å². The monoisotopic (exact) mass is 440 g/mol. The van der Waals surface area contributed by atoms with Gasteiger partial charge in [-0.25, -0.2) is 4.90 Å². The molecule has 0 unspecified atom stereocenters. The molecule has 6 heteroatoms. The lowest BCUT2D eigenvalue weighted by molar-refractivity contribution is -0.120. The Labute approximate surface area is 192 Å². The fourth-order valence-corrected chi connectivity index (χ4v) is 4.63. The molecule has 0 saturated heterocycles. The number of hydrogen-bond acceptors (Lipinski definition) is 5. The molecule has 6 nitrogen and oxygen atoms in total. The first-order valence-electron chi connectivity index (χ1n) is 10.8. The van der Waals surface area contributed by atoms with Crippen LogP contribution < -0.4 is 14.4 Å². The molecule has 33 heavy (non-hydrogen) atoms. The maximum absolute atomic E-state index is 13.9. The highest BCUT2D eigenvalue weighted by Gasteiger charge is 2.44. The van der Waals surface area contributed by atoms with Crippen LogP contribution in [0.5, 0.6) is 11.5 Å². The van der Waals surface area contributed by atoms with Gasteiger partial charge in [-0.3, -0.25) is 9.59 Å². The summed E-state index contributed by atoms with van der Waals surface area (Å²) < 4.78 is 11.0. The third kappa shape index (κ3) is 3.44. The van der Waals surface area contributed by atoms with Crippen molar-refractivity contribution >= 4 is 23.1 Å². The minimum Gasteiger partial charge on any atom is -0.496 e. The van der Waals surface area contributed by atoms with Gasteiger partial charge in [0.2, 0.25) is 0 Å². The summed E-state index contributed by atoms with van der Waals surface area (Å²) in [6.07, 6.45) is 0.801. The van der Waals surface area contributed by atoms with Gasteiger partial charge in [-0.15, -0.1) is 0 Å². The number of imide groups is 1. The zero-order chi connectivity index (χ0) is 22.9. The smallest absolute Gasteiger partial charge is 0.282 e. The Morgan fingerprint density at radius 1 is 0.727 bits per heavy atom. The van der Waals surface area contributed by atoms with Gasteiger partial charge in [0.1, 0.15) is 17.2 Å². The molecule has 0 fully saturated rings. The molecule has 2 heterocycles. The van der Waals surface area contributed by atoms with Crippen molar-refractivity contribution in [3.63, 3.8) is 0 Å². The second kappa shape index (κ2) is 8.47. The van der Waals surface area contributed by atoms with Gasteiger partial charge in [-0.05, 0) is 35.7 Å². The van der Waals surface area contributed by atoms with Crippen LogP contribution in [-0.2, 0) is 22.6 Å². The van der Waals surface area contributed by atoms with Gasteiger partial charge in [0.25, 0.3) is 11.8 Å². The van der Waals surface area contributed by atoms with Crippen LogP contribution in [0.2, 0.25) is 0 Å². The van der Waals surface area contributed by atoms with Crippen LogP contribution in [0.15, 0.2) is 78.5 Å². The minimum atomic E-state index is -0.386. The molecule has 2 amide bonds. The van der Waals surface area contributed by atoms with E-state index in [1.807, 2.05) is 41.3 Å². The highest BCUT2D eigenvalue weighted by atomic mass is 16.5. The highest BCUT2D eigenvalue weighted by molar-refractivity contribution is 6.46. The number of hydrogen-bond donors (Lipinski definition) is 0. The van der Waals surface area contributed by atoms with Crippen LogP contribution in [0, 0.1) is 0 Å². The fraction of sp³-hybridized carbons (Fsp3) is 0.185. The zero-order valence-electron chi connectivity index (χ0n) is 18.6. The summed E-state index contributed by atoms with van der Waals surface area (Å²) in [6, 6.07) is 22.6. The zero-order valence-corrected chi connectivity index (χ0v) is 18.6. The number of ether oxygens (including phenoxy) is 2. The number of nitrogens with zero attached hydrogens (tertiary/aromatic N) is 2. The molecule has 0 aliphatic carbocycles. The van der Waals surface area contributed by atoms with Crippen molar-refractivity contribution in [2.75, 3.05) is 25.7 Å². The quantitative estimate of drug-likeness (QED) is 0.561. The van der Waals surface area contributed by atoms with E-state index in [0.717, 1.165) is 12.0 Å². The Morgan fingerprint density at radius 2 is 1.36 bits per heavy atom. The van der Waals surface area contributed by atoms with Gasteiger partial charge >= 0.3 is 0 Å². The first-order valence-corrected chi connectivity index (χ1v) is 10.8. The van der Waals surface area contributed by atoms with Crippen LogP contribution >= 0.6 is 0 Å². The standard InChI is InChI=1S/C27H24N2O4/c1-32-22-13-7-5-11-20(22)24-25(28-16-15-18-9-3-4-10-19(18)17-28)27(31)29(26(24)30)21-12-6-8-14-23(21)33-2/h3-14H,15-17H2,1-2H3. The summed E-state index contributed by atoms with van der Waals surface area (Å²) in [6.45, 7) is 1.20. The first-order chi connectivity index (χ1) is 16.1. The summed E-state index contributed by atoms with van der Waals surface area (Å²) in [5.41, 5.74) is 4.20. The number of amides is 2. The van der Waals surface area contributed by atoms with E-state index in [1.54, 1.807) is 31.4 Å². The summed E-state index contributed by atoms with van der Waals surface area (Å²) >= 11 is 0. The Kier molecular flexibility index (Phi) is 5.34. The second-order valence-corrected chi connectivity index (χ2v) is 7.98. The Bertz CT molecular complexity index is 1280. The third-order valence-electron chi connectivity index (χ3n) is 6.21. The molecular weight excluding hydrogens is 416 g/mol. The molecule has 0 aromatic heterocycles. The molecule has 5 rings (SSSR count). The van der Waals surface area contributed by atoms with Crippen LogP contribution in [-0.4, -0.2) is 37.5 Å². The lowest BCUT2D eigenvalue weighted by Crippen LogP contribution is -2.37. The van der Waals surface area contributed by atoms with Crippen molar-refractivity contribution in [1.29, 1.82) is 0 Å². The molecule has 2 aliphatic heterocycles. The topological polar surface area (TPSA) is 59.1 Å². The van der Waals surface area contributed by atoms with Crippen molar-refractivity contribution < 1.29 is 19.1 Å². The molecule has 0 spiro atoms. The molecule has 0 bridgehead atoms. The predicted octanol–water partition coefficient (Wildman–Crippen LogP) is 4.05. The van der Waals surface area contributed by atoms with Crippen LogP contribution in [0.25, 0.3) is 5.57 Å². The summed E-state index contributed by atoms with van der Waals surface area (Å²) in [5, 5.41) is 0. The molecular formula is C27H24N2O4. The average Bonchev–Trinajstić information content (AvgIpc) is 3.13. The van der Waals surface area contributed by atoms with Crippen molar-refractivity contribution in [3.8, 4) is 11.5 Å². The van der Waals surface area contributed by atoms with E-state index in [4.69, 9.17) is 9.47 Å². The number of para-hydroxylation sites is 3. The van der Waals surface area contributed by atoms with E-state index in [2.05, 4.69) is 12.1 Å². The Morgan fingerprint density at radius 3 is 2.12 bits per heavy atom. The predicted molar refractivity (Wildman–Crippen MR) is 126 cm³/mol. The van der Waals surface area contributed by atoms with Gasteiger partial charge in [0, 0.05) is 18.7 Å². The number of anilines is 1. The largest absolute Gasteiger partial charge is 0.496 e. The Balaban J connectivity index is 1.67. The van der Waals surface area contributed by atoms with E-state index in [0.29, 0.717) is 47.1 Å². The number of fused-ring (bicyclic) bond motifs is 1. The molecule has 2 aliphatic rings.